The van der Waals surface area contributed by atoms with E-state index in [1.54, 1.807) is 30.6 Å². The molecule has 0 bridgehead atoms. The zero-order chi connectivity index (χ0) is 24.8. The fourth-order valence-electron chi connectivity index (χ4n) is 4.93. The molecule has 1 atom stereocenters. The Kier molecular flexibility index (Phi) is 5.72. The van der Waals surface area contributed by atoms with Crippen molar-refractivity contribution in [1.29, 1.82) is 0 Å². The number of nitrogens with one attached hydrogen (secondary N) is 2. The van der Waals surface area contributed by atoms with Crippen LogP contribution in [0.25, 0.3) is 5.65 Å². The molecule has 2 aliphatic heterocycles. The summed E-state index contributed by atoms with van der Waals surface area (Å²) in [5, 5.41) is 6.19. The van der Waals surface area contributed by atoms with Crippen LogP contribution >= 0.6 is 0 Å². The van der Waals surface area contributed by atoms with Crippen molar-refractivity contribution in [2.75, 3.05) is 43.1 Å². The van der Waals surface area contributed by atoms with Gasteiger partial charge in [0, 0.05) is 37.9 Å². The van der Waals surface area contributed by atoms with Crippen LogP contribution < -0.4 is 21.1 Å². The second-order valence-corrected chi connectivity index (χ2v) is 10.2. The number of amides is 1. The maximum Gasteiger partial charge on any atom is 0.259 e. The van der Waals surface area contributed by atoms with E-state index in [0.29, 0.717) is 30.7 Å². The van der Waals surface area contributed by atoms with Crippen LogP contribution in [0.15, 0.2) is 53.6 Å². The first-order chi connectivity index (χ1) is 17.4. The molecule has 5 heterocycles. The molecule has 1 saturated carbocycles. The van der Waals surface area contributed by atoms with Crippen LogP contribution in [0.5, 0.6) is 0 Å². The average molecular weight is 493 g/mol. The number of hydrogen-bond donors (Lipinski definition) is 2. The molecule has 3 aliphatic rings. The number of nitrogens with zero attached hydrogens (tertiary/aromatic N) is 4. The highest BCUT2D eigenvalue weighted by molar-refractivity contribution is 5.99. The van der Waals surface area contributed by atoms with Gasteiger partial charge in [-0.2, -0.15) is 0 Å². The number of alkyl halides is 1. The third-order valence-electron chi connectivity index (χ3n) is 7.47. The first-order valence-electron chi connectivity index (χ1n) is 12.5. The normalized spacial score (nSPS) is 22.1. The van der Waals surface area contributed by atoms with E-state index in [-0.39, 0.29) is 36.5 Å². The van der Waals surface area contributed by atoms with Crippen molar-refractivity contribution in [2.24, 2.45) is 0 Å². The Morgan fingerprint density at radius 2 is 2.08 bits per heavy atom. The third kappa shape index (κ3) is 4.35. The van der Waals surface area contributed by atoms with Gasteiger partial charge in [0.2, 0.25) is 5.91 Å². The van der Waals surface area contributed by atoms with Gasteiger partial charge in [-0.15, -0.1) is 0 Å². The molecule has 10 heteroatoms. The minimum atomic E-state index is -0.998. The van der Waals surface area contributed by atoms with Gasteiger partial charge in [0.15, 0.2) is 0 Å². The van der Waals surface area contributed by atoms with Gasteiger partial charge >= 0.3 is 0 Å². The molecule has 0 radical (unpaired) electrons. The van der Waals surface area contributed by atoms with Crippen molar-refractivity contribution in [3.05, 3.63) is 64.8 Å². The molecule has 0 aromatic carbocycles. The first-order valence-corrected chi connectivity index (χ1v) is 12.5. The minimum absolute atomic E-state index is 0.201. The number of pyridine rings is 2. The van der Waals surface area contributed by atoms with Crippen molar-refractivity contribution in [2.45, 2.75) is 42.8 Å². The molecule has 0 spiro atoms. The monoisotopic (exact) mass is 492 g/mol. The number of halogens is 1. The Labute approximate surface area is 207 Å². The van der Waals surface area contributed by atoms with E-state index in [1.165, 1.54) is 10.5 Å². The summed E-state index contributed by atoms with van der Waals surface area (Å²) in [6.45, 7) is 2.56. The lowest BCUT2D eigenvalue weighted by molar-refractivity contribution is -0.140. The van der Waals surface area contributed by atoms with Crippen LogP contribution in [0.1, 0.15) is 31.4 Å². The molecule has 0 unspecified atom stereocenters. The first kappa shape index (κ1) is 23.1. The predicted molar refractivity (Wildman–Crippen MR) is 133 cm³/mol. The zero-order valence-corrected chi connectivity index (χ0v) is 20.0. The second kappa shape index (κ2) is 8.94. The van der Waals surface area contributed by atoms with E-state index in [4.69, 9.17) is 4.74 Å². The van der Waals surface area contributed by atoms with E-state index in [9.17, 15) is 14.0 Å². The van der Waals surface area contributed by atoms with E-state index < -0.39 is 11.1 Å². The molecule has 1 aliphatic carbocycles. The molecule has 3 fully saturated rings. The fourth-order valence-corrected chi connectivity index (χ4v) is 4.93. The van der Waals surface area contributed by atoms with Gasteiger partial charge in [-0.05, 0) is 49.9 Å². The summed E-state index contributed by atoms with van der Waals surface area (Å²) < 4.78 is 20.9. The average Bonchev–Trinajstić information content (AvgIpc) is 3.60. The summed E-state index contributed by atoms with van der Waals surface area (Å²) in [4.78, 5) is 37.0. The van der Waals surface area contributed by atoms with Crippen molar-refractivity contribution < 1.29 is 13.9 Å². The number of fused-ring (bicyclic) bond motifs is 1. The number of rotatable bonds is 7. The maximum absolute atomic E-state index is 14.0. The van der Waals surface area contributed by atoms with E-state index >= 15 is 0 Å². The Morgan fingerprint density at radius 3 is 2.81 bits per heavy atom. The third-order valence-corrected chi connectivity index (χ3v) is 7.47. The van der Waals surface area contributed by atoms with Crippen molar-refractivity contribution in [1.82, 2.24) is 19.7 Å². The van der Waals surface area contributed by atoms with Crippen molar-refractivity contribution in [3.63, 3.8) is 0 Å². The zero-order valence-electron chi connectivity index (χ0n) is 20.0. The molecule has 188 valence electrons. The van der Waals surface area contributed by atoms with Gasteiger partial charge in [0.05, 0.1) is 30.8 Å². The number of piperidine rings is 1. The van der Waals surface area contributed by atoms with Gasteiger partial charge < -0.3 is 20.3 Å². The van der Waals surface area contributed by atoms with Gasteiger partial charge in [-0.1, -0.05) is 6.07 Å². The van der Waals surface area contributed by atoms with Crippen molar-refractivity contribution in [3.8, 4) is 0 Å². The number of hydrogen-bond acceptors (Lipinski definition) is 7. The maximum atomic E-state index is 14.0. The Balaban J connectivity index is 1.15. The minimum Gasteiger partial charge on any atom is -0.378 e. The quantitative estimate of drug-likeness (QED) is 0.521. The molecule has 36 heavy (non-hydrogen) atoms. The van der Waals surface area contributed by atoms with E-state index in [2.05, 4.69) is 25.5 Å². The lowest BCUT2D eigenvalue weighted by atomic mass is 9.81. The molecule has 2 saturated heterocycles. The summed E-state index contributed by atoms with van der Waals surface area (Å²) in [6, 6.07) is 10.7. The summed E-state index contributed by atoms with van der Waals surface area (Å²) in [5.41, 5.74) is -0.158. The number of anilines is 2. The van der Waals surface area contributed by atoms with Gasteiger partial charge in [-0.3, -0.25) is 19.0 Å². The number of aromatic nitrogens is 3. The van der Waals surface area contributed by atoms with E-state index in [1.807, 2.05) is 12.1 Å². The SMILES string of the molecule is O=C(Nc1cc(=O)n2ccccc2n1)C1(c2ccc(N3CCC[C@@H](NCC4(F)CC4)C3)cn2)COC1. The largest absolute Gasteiger partial charge is 0.378 e. The highest BCUT2D eigenvalue weighted by Gasteiger charge is 2.49. The number of carbonyl (C=O) groups is 1. The molecule has 6 rings (SSSR count). The molecular formula is C26H29FN6O3. The summed E-state index contributed by atoms with van der Waals surface area (Å²) in [5.74, 6) is -0.101. The molecule has 2 N–H and O–H groups in total. The smallest absolute Gasteiger partial charge is 0.259 e. The second-order valence-electron chi connectivity index (χ2n) is 10.2. The highest BCUT2D eigenvalue weighted by Crippen LogP contribution is 2.39. The highest BCUT2D eigenvalue weighted by atomic mass is 19.1. The van der Waals surface area contributed by atoms with Crippen molar-refractivity contribution >= 4 is 23.1 Å². The van der Waals surface area contributed by atoms with Crippen LogP contribution in [0.4, 0.5) is 15.9 Å². The molecule has 1 amide bonds. The molecule has 9 nitrogen and oxygen atoms in total. The van der Waals surface area contributed by atoms with E-state index in [0.717, 1.165) is 31.6 Å². The van der Waals surface area contributed by atoms with Gasteiger partial charge in [-0.25, -0.2) is 9.37 Å². The standard InChI is InChI=1S/C26H29FN6O3/c27-25(8-9-25)15-29-18-4-3-10-32(14-18)19-6-7-20(28-13-19)26(16-36-17-26)24(35)31-21-12-23(34)33-11-2-1-5-22(33)30-21/h1-2,5-7,11-13,18,29H,3-4,8-10,14-17H2,(H,31,35)/t18-/m1/s1. The molecule has 3 aromatic rings. The number of ether oxygens (including phenoxy) is 1. The Hall–Kier alpha value is -3.37. The summed E-state index contributed by atoms with van der Waals surface area (Å²) >= 11 is 0. The number of carbonyl (C=O) groups excluding carboxylic acids is 1. The Morgan fingerprint density at radius 1 is 1.22 bits per heavy atom. The summed E-state index contributed by atoms with van der Waals surface area (Å²) in [6.07, 6.45) is 6.81. The van der Waals surface area contributed by atoms with Gasteiger partial charge in [0.1, 0.15) is 22.5 Å². The lowest BCUT2D eigenvalue weighted by Gasteiger charge is -2.39. The lowest BCUT2D eigenvalue weighted by Crippen LogP contribution is -2.56. The van der Waals surface area contributed by atoms with Crippen LogP contribution in [0.2, 0.25) is 0 Å². The predicted octanol–water partition coefficient (Wildman–Crippen LogP) is 2.06. The Bertz CT molecular complexity index is 1340. The van der Waals surface area contributed by atoms with Crippen LogP contribution in [-0.4, -0.2) is 64.8 Å². The topological polar surface area (TPSA) is 101 Å². The van der Waals surface area contributed by atoms with Crippen LogP contribution in [0, 0.1) is 0 Å². The molecular weight excluding hydrogens is 463 g/mol. The summed E-state index contributed by atoms with van der Waals surface area (Å²) in [7, 11) is 0. The van der Waals surface area contributed by atoms with Gasteiger partial charge in [0.25, 0.3) is 5.56 Å². The fraction of sp³-hybridized carbons (Fsp3) is 0.462. The molecule has 3 aromatic heterocycles. The van der Waals surface area contributed by atoms with Crippen LogP contribution in [0.3, 0.4) is 0 Å². The van der Waals surface area contributed by atoms with Crippen LogP contribution in [-0.2, 0) is 14.9 Å².